The highest BCUT2D eigenvalue weighted by Gasteiger charge is 1.90. The van der Waals surface area contributed by atoms with E-state index in [9.17, 15) is 0 Å². The molecule has 0 saturated carbocycles. The molecule has 0 spiro atoms. The molecule has 1 aromatic heterocycles. The summed E-state index contributed by atoms with van der Waals surface area (Å²) in [5.41, 5.74) is 5.33. The van der Waals surface area contributed by atoms with Crippen LogP contribution in [-0.4, -0.2) is 29.3 Å². The van der Waals surface area contributed by atoms with E-state index in [4.69, 9.17) is 10.5 Å². The lowest BCUT2D eigenvalue weighted by Gasteiger charge is -2.03. The van der Waals surface area contributed by atoms with Crippen molar-refractivity contribution in [3.8, 4) is 0 Å². The molecule has 0 unspecified atom stereocenters. The molecular weight excluding hydrogens is 166 g/mol. The molecule has 0 radical (unpaired) electrons. The van der Waals surface area contributed by atoms with Crippen molar-refractivity contribution in [3.63, 3.8) is 0 Å². The van der Waals surface area contributed by atoms with Gasteiger partial charge in [0.25, 0.3) is 0 Å². The Kier molecular flexibility index (Phi) is 5.20. The Labute approximate surface area is 78.7 Å². The minimum Gasteiger partial charge on any atom is -0.381 e. The van der Waals surface area contributed by atoms with E-state index in [1.165, 1.54) is 0 Å². The van der Waals surface area contributed by atoms with Crippen LogP contribution in [0.1, 0.15) is 12.8 Å². The molecular formula is C9H17N3O. The van der Waals surface area contributed by atoms with Crippen LogP contribution in [0.4, 0.5) is 0 Å². The van der Waals surface area contributed by atoms with Crippen LogP contribution in [0, 0.1) is 0 Å². The molecule has 4 heteroatoms. The van der Waals surface area contributed by atoms with Gasteiger partial charge in [0, 0.05) is 32.2 Å². The second-order valence-corrected chi connectivity index (χ2v) is 2.91. The molecule has 4 nitrogen and oxygen atoms in total. The van der Waals surface area contributed by atoms with E-state index >= 15 is 0 Å². The van der Waals surface area contributed by atoms with Crippen molar-refractivity contribution in [2.45, 2.75) is 19.4 Å². The number of hydrogen-bond acceptors (Lipinski definition) is 3. The zero-order chi connectivity index (χ0) is 9.36. The summed E-state index contributed by atoms with van der Waals surface area (Å²) in [4.78, 5) is 3.96. The maximum Gasteiger partial charge on any atom is 0.0945 e. The second-order valence-electron chi connectivity index (χ2n) is 2.91. The van der Waals surface area contributed by atoms with Crippen LogP contribution in [0.5, 0.6) is 0 Å². The Morgan fingerprint density at radius 1 is 1.31 bits per heavy atom. The van der Waals surface area contributed by atoms with Crippen LogP contribution in [0.3, 0.4) is 0 Å². The highest BCUT2D eigenvalue weighted by Crippen LogP contribution is 1.91. The summed E-state index contributed by atoms with van der Waals surface area (Å²) in [6.45, 7) is 3.27. The average Bonchev–Trinajstić information content (AvgIpc) is 2.63. The standard InChI is InChI=1S/C9H17N3O/c10-3-1-7-13-8-2-5-12-6-4-11-9-12/h4,6,9H,1-3,5,7-8,10H2. The third-order valence-corrected chi connectivity index (χ3v) is 1.76. The number of nitrogens with two attached hydrogens (primary N) is 1. The van der Waals surface area contributed by atoms with Crippen LogP contribution >= 0.6 is 0 Å². The Balaban J connectivity index is 1.90. The molecule has 13 heavy (non-hydrogen) atoms. The molecule has 0 bridgehead atoms. The molecule has 0 fully saturated rings. The summed E-state index contributed by atoms with van der Waals surface area (Å²) in [5, 5.41) is 0. The highest BCUT2D eigenvalue weighted by atomic mass is 16.5. The largest absolute Gasteiger partial charge is 0.381 e. The first kappa shape index (κ1) is 10.2. The molecule has 0 aliphatic heterocycles. The fourth-order valence-electron chi connectivity index (χ4n) is 1.06. The molecule has 0 aliphatic rings. The summed E-state index contributed by atoms with van der Waals surface area (Å²) in [6.07, 6.45) is 7.54. The summed E-state index contributed by atoms with van der Waals surface area (Å²) in [6, 6.07) is 0. The van der Waals surface area contributed by atoms with Crippen LogP contribution in [0.15, 0.2) is 18.7 Å². The Hall–Kier alpha value is -0.870. The number of rotatable bonds is 7. The number of aromatic nitrogens is 2. The Morgan fingerprint density at radius 2 is 2.15 bits per heavy atom. The van der Waals surface area contributed by atoms with E-state index in [2.05, 4.69) is 4.98 Å². The topological polar surface area (TPSA) is 53.1 Å². The van der Waals surface area contributed by atoms with Gasteiger partial charge in [0.2, 0.25) is 0 Å². The lowest BCUT2D eigenvalue weighted by molar-refractivity contribution is 0.128. The van der Waals surface area contributed by atoms with Crippen molar-refractivity contribution in [2.24, 2.45) is 5.73 Å². The van der Waals surface area contributed by atoms with Crippen LogP contribution in [-0.2, 0) is 11.3 Å². The highest BCUT2D eigenvalue weighted by molar-refractivity contribution is 4.73. The molecule has 0 saturated heterocycles. The lowest BCUT2D eigenvalue weighted by Crippen LogP contribution is -2.06. The molecule has 0 aromatic carbocycles. The second kappa shape index (κ2) is 6.62. The summed E-state index contributed by atoms with van der Waals surface area (Å²) in [5.74, 6) is 0. The van der Waals surface area contributed by atoms with Gasteiger partial charge in [-0.05, 0) is 19.4 Å². The maximum absolute atomic E-state index is 5.36. The molecule has 0 amide bonds. The van der Waals surface area contributed by atoms with Gasteiger partial charge in [-0.2, -0.15) is 0 Å². The minimum atomic E-state index is 0.710. The molecule has 1 heterocycles. The number of hydrogen-bond donors (Lipinski definition) is 1. The first-order chi connectivity index (χ1) is 6.43. The summed E-state index contributed by atoms with van der Waals surface area (Å²) in [7, 11) is 0. The van der Waals surface area contributed by atoms with Crippen molar-refractivity contribution < 1.29 is 4.74 Å². The summed E-state index contributed by atoms with van der Waals surface area (Å²) >= 11 is 0. The van der Waals surface area contributed by atoms with Gasteiger partial charge in [-0.1, -0.05) is 0 Å². The van der Waals surface area contributed by atoms with E-state index in [-0.39, 0.29) is 0 Å². The van der Waals surface area contributed by atoms with E-state index in [1.807, 2.05) is 17.1 Å². The van der Waals surface area contributed by atoms with Crippen molar-refractivity contribution in [3.05, 3.63) is 18.7 Å². The Bertz CT molecular complexity index is 199. The first-order valence-corrected chi connectivity index (χ1v) is 4.67. The van der Waals surface area contributed by atoms with Gasteiger partial charge in [0.15, 0.2) is 0 Å². The average molecular weight is 183 g/mol. The molecule has 2 N–H and O–H groups in total. The lowest BCUT2D eigenvalue weighted by atomic mass is 10.4. The number of aryl methyl sites for hydroxylation is 1. The zero-order valence-electron chi connectivity index (χ0n) is 7.85. The third kappa shape index (κ3) is 4.65. The third-order valence-electron chi connectivity index (χ3n) is 1.76. The van der Waals surface area contributed by atoms with Crippen molar-refractivity contribution in [1.29, 1.82) is 0 Å². The van der Waals surface area contributed by atoms with E-state index in [1.54, 1.807) is 6.20 Å². The van der Waals surface area contributed by atoms with Gasteiger partial charge < -0.3 is 15.0 Å². The number of imidazole rings is 1. The van der Waals surface area contributed by atoms with Gasteiger partial charge >= 0.3 is 0 Å². The fraction of sp³-hybridized carbons (Fsp3) is 0.667. The van der Waals surface area contributed by atoms with Crippen LogP contribution in [0.25, 0.3) is 0 Å². The van der Waals surface area contributed by atoms with Gasteiger partial charge in [-0.3, -0.25) is 0 Å². The van der Waals surface area contributed by atoms with E-state index < -0.39 is 0 Å². The van der Waals surface area contributed by atoms with Crippen molar-refractivity contribution in [2.75, 3.05) is 19.8 Å². The predicted molar refractivity (Wildman–Crippen MR) is 51.3 cm³/mol. The number of ether oxygens (including phenoxy) is 1. The smallest absolute Gasteiger partial charge is 0.0945 e. The van der Waals surface area contributed by atoms with Crippen molar-refractivity contribution >= 4 is 0 Å². The van der Waals surface area contributed by atoms with Gasteiger partial charge in [0.1, 0.15) is 0 Å². The van der Waals surface area contributed by atoms with E-state index in [0.717, 1.165) is 32.6 Å². The maximum atomic E-state index is 5.36. The molecule has 74 valence electrons. The normalized spacial score (nSPS) is 10.5. The zero-order valence-corrected chi connectivity index (χ0v) is 7.85. The van der Waals surface area contributed by atoms with Gasteiger partial charge in [-0.25, -0.2) is 4.98 Å². The number of nitrogens with zero attached hydrogens (tertiary/aromatic N) is 2. The molecule has 1 rings (SSSR count). The first-order valence-electron chi connectivity index (χ1n) is 4.67. The van der Waals surface area contributed by atoms with E-state index in [0.29, 0.717) is 6.54 Å². The molecule has 1 aromatic rings. The van der Waals surface area contributed by atoms with Crippen LogP contribution < -0.4 is 5.73 Å². The van der Waals surface area contributed by atoms with Crippen molar-refractivity contribution in [1.82, 2.24) is 9.55 Å². The Morgan fingerprint density at radius 3 is 2.85 bits per heavy atom. The summed E-state index contributed by atoms with van der Waals surface area (Å²) < 4.78 is 7.41. The van der Waals surface area contributed by atoms with Gasteiger partial charge in [-0.15, -0.1) is 0 Å². The molecule has 0 atom stereocenters. The van der Waals surface area contributed by atoms with Crippen LogP contribution in [0.2, 0.25) is 0 Å². The monoisotopic (exact) mass is 183 g/mol. The SMILES string of the molecule is NCCCOCCCn1ccnc1. The molecule has 0 aliphatic carbocycles. The quantitative estimate of drug-likeness (QED) is 0.631. The van der Waals surface area contributed by atoms with Gasteiger partial charge in [0.05, 0.1) is 6.33 Å². The fourth-order valence-corrected chi connectivity index (χ4v) is 1.06. The minimum absolute atomic E-state index is 0.710. The predicted octanol–water partition coefficient (Wildman–Crippen LogP) is 0.639.